The zero-order valence-corrected chi connectivity index (χ0v) is 16.1. The fourth-order valence-corrected chi connectivity index (χ4v) is 2.89. The van der Waals surface area contributed by atoms with Crippen molar-refractivity contribution >= 4 is 11.6 Å². The molecule has 28 heavy (non-hydrogen) atoms. The van der Waals surface area contributed by atoms with Crippen molar-refractivity contribution in [3.63, 3.8) is 0 Å². The maximum atomic E-state index is 13.0. The first kappa shape index (κ1) is 20.7. The normalized spacial score (nSPS) is 10.2. The number of hydrogen-bond acceptors (Lipinski definition) is 5. The highest BCUT2D eigenvalue weighted by Gasteiger charge is 2.21. The van der Waals surface area contributed by atoms with Crippen molar-refractivity contribution in [1.82, 2.24) is 9.13 Å². The minimum atomic E-state index is -0.799. The Morgan fingerprint density at radius 1 is 1.21 bits per heavy atom. The van der Waals surface area contributed by atoms with Crippen LogP contribution in [-0.2, 0) is 17.9 Å². The zero-order valence-electron chi connectivity index (χ0n) is 16.1. The second-order valence-electron chi connectivity index (χ2n) is 6.29. The third-order valence-electron chi connectivity index (χ3n) is 4.61. The molecule has 0 saturated carbocycles. The number of benzene rings is 1. The second kappa shape index (κ2) is 8.83. The van der Waals surface area contributed by atoms with E-state index in [1.165, 1.54) is 15.7 Å². The lowest BCUT2D eigenvalue weighted by atomic mass is 10.1. The number of rotatable bonds is 6. The van der Waals surface area contributed by atoms with Gasteiger partial charge in [-0.1, -0.05) is 12.1 Å². The van der Waals surface area contributed by atoms with E-state index in [0.29, 0.717) is 5.69 Å². The highest BCUT2D eigenvalue weighted by Crippen LogP contribution is 2.23. The molecule has 0 N–H and O–H groups in total. The van der Waals surface area contributed by atoms with Crippen LogP contribution in [0.15, 0.2) is 34.0 Å². The quantitative estimate of drug-likeness (QED) is 0.754. The van der Waals surface area contributed by atoms with Crippen molar-refractivity contribution in [1.29, 1.82) is 10.5 Å². The van der Waals surface area contributed by atoms with Crippen molar-refractivity contribution < 1.29 is 4.79 Å². The highest BCUT2D eigenvalue weighted by atomic mass is 16.2. The first-order chi connectivity index (χ1) is 13.3. The van der Waals surface area contributed by atoms with E-state index >= 15 is 0 Å². The van der Waals surface area contributed by atoms with Crippen LogP contribution in [0.2, 0.25) is 0 Å². The van der Waals surface area contributed by atoms with Crippen LogP contribution in [0.1, 0.15) is 30.0 Å². The van der Waals surface area contributed by atoms with Crippen LogP contribution in [0.3, 0.4) is 0 Å². The molecule has 0 bridgehead atoms. The maximum Gasteiger partial charge on any atom is 0.331 e. The average molecular weight is 379 g/mol. The first-order valence-corrected chi connectivity index (χ1v) is 8.83. The van der Waals surface area contributed by atoms with E-state index in [0.717, 1.165) is 15.7 Å². The smallest absolute Gasteiger partial charge is 0.310 e. The lowest BCUT2D eigenvalue weighted by Gasteiger charge is -2.25. The van der Waals surface area contributed by atoms with Gasteiger partial charge < -0.3 is 4.90 Å². The Balaban J connectivity index is 2.52. The van der Waals surface area contributed by atoms with Crippen molar-refractivity contribution in [3.05, 3.63) is 61.9 Å². The van der Waals surface area contributed by atoms with Gasteiger partial charge in [0.25, 0.3) is 5.56 Å². The van der Waals surface area contributed by atoms with E-state index in [1.807, 2.05) is 26.0 Å². The molecule has 2 aromatic rings. The summed E-state index contributed by atoms with van der Waals surface area (Å²) in [6.07, 6.45) is 1.30. The predicted octanol–water partition coefficient (Wildman–Crippen LogP) is 1.47. The van der Waals surface area contributed by atoms with Gasteiger partial charge in [-0.2, -0.15) is 10.5 Å². The number of aromatic nitrogens is 2. The molecule has 0 atom stereocenters. The molecule has 0 aliphatic carbocycles. The molecule has 0 aliphatic heterocycles. The van der Waals surface area contributed by atoms with Crippen LogP contribution in [0, 0.1) is 36.5 Å². The van der Waals surface area contributed by atoms with Gasteiger partial charge in [0.05, 0.1) is 12.5 Å². The van der Waals surface area contributed by atoms with Crippen molar-refractivity contribution in [3.8, 4) is 12.1 Å². The van der Waals surface area contributed by atoms with Gasteiger partial charge in [-0.05, 0) is 38.0 Å². The van der Waals surface area contributed by atoms with Crippen LogP contribution < -0.4 is 16.1 Å². The molecule has 0 aliphatic rings. The molecule has 1 aromatic carbocycles. The largest absolute Gasteiger partial charge is 0.331 e. The van der Waals surface area contributed by atoms with Crippen molar-refractivity contribution in [2.75, 3.05) is 11.4 Å². The van der Waals surface area contributed by atoms with Gasteiger partial charge in [0.1, 0.15) is 18.2 Å². The van der Waals surface area contributed by atoms with Crippen LogP contribution in [-0.4, -0.2) is 21.6 Å². The standard InChI is InChI=1S/C20H21N5O3/c1-4-23-12-16(11-22)19(27)25(20(23)28)13-18(26)24(10-6-9-21)17-8-5-7-14(2)15(17)3/h5,7-8,12H,4,6,10,13H2,1-3H3. The molecule has 8 nitrogen and oxygen atoms in total. The summed E-state index contributed by atoms with van der Waals surface area (Å²) in [5.74, 6) is -0.499. The summed E-state index contributed by atoms with van der Waals surface area (Å²) >= 11 is 0. The van der Waals surface area contributed by atoms with E-state index in [9.17, 15) is 14.4 Å². The summed E-state index contributed by atoms with van der Waals surface area (Å²) in [5.41, 5.74) is 0.819. The highest BCUT2D eigenvalue weighted by molar-refractivity contribution is 5.94. The Kier molecular flexibility index (Phi) is 6.51. The summed E-state index contributed by atoms with van der Waals surface area (Å²) in [6.45, 7) is 5.36. The number of nitriles is 2. The number of carbonyl (C=O) groups excluding carboxylic acids is 1. The minimum absolute atomic E-state index is 0.103. The van der Waals surface area contributed by atoms with E-state index in [2.05, 4.69) is 0 Å². The van der Waals surface area contributed by atoms with E-state index in [-0.39, 0.29) is 25.1 Å². The summed E-state index contributed by atoms with van der Waals surface area (Å²) in [6, 6.07) is 9.24. The SMILES string of the molecule is CCn1cc(C#N)c(=O)n(CC(=O)N(CCC#N)c2cccc(C)c2C)c1=O. The van der Waals surface area contributed by atoms with Gasteiger partial charge in [-0.3, -0.25) is 14.2 Å². The predicted molar refractivity (Wildman–Crippen MR) is 104 cm³/mol. The van der Waals surface area contributed by atoms with Crippen molar-refractivity contribution in [2.45, 2.75) is 40.3 Å². The maximum absolute atomic E-state index is 13.0. The Bertz CT molecular complexity index is 1100. The van der Waals surface area contributed by atoms with Gasteiger partial charge in [-0.25, -0.2) is 9.36 Å². The first-order valence-electron chi connectivity index (χ1n) is 8.83. The third-order valence-corrected chi connectivity index (χ3v) is 4.61. The zero-order chi connectivity index (χ0) is 20.8. The van der Waals surface area contributed by atoms with Crippen LogP contribution in [0.5, 0.6) is 0 Å². The van der Waals surface area contributed by atoms with Crippen LogP contribution in [0.4, 0.5) is 5.69 Å². The number of aryl methyl sites for hydroxylation is 2. The fourth-order valence-electron chi connectivity index (χ4n) is 2.89. The van der Waals surface area contributed by atoms with Crippen LogP contribution in [0.25, 0.3) is 0 Å². The number of hydrogen-bond donors (Lipinski definition) is 0. The van der Waals surface area contributed by atoms with Gasteiger partial charge in [-0.15, -0.1) is 0 Å². The number of amides is 1. The van der Waals surface area contributed by atoms with Gasteiger partial charge >= 0.3 is 5.69 Å². The Hall–Kier alpha value is -3.65. The topological polar surface area (TPSA) is 112 Å². The molecular weight excluding hydrogens is 358 g/mol. The third kappa shape index (κ3) is 4.02. The fraction of sp³-hybridized carbons (Fsp3) is 0.350. The van der Waals surface area contributed by atoms with Gasteiger partial charge in [0, 0.05) is 25.0 Å². The van der Waals surface area contributed by atoms with E-state index in [1.54, 1.807) is 25.1 Å². The van der Waals surface area contributed by atoms with E-state index in [4.69, 9.17) is 10.5 Å². The summed E-state index contributed by atoms with van der Waals surface area (Å²) < 4.78 is 1.99. The summed E-state index contributed by atoms with van der Waals surface area (Å²) in [5, 5.41) is 18.1. The van der Waals surface area contributed by atoms with Crippen LogP contribution >= 0.6 is 0 Å². The summed E-state index contributed by atoms with van der Waals surface area (Å²) in [4.78, 5) is 39.4. The molecule has 144 valence electrons. The van der Waals surface area contributed by atoms with Gasteiger partial charge in [0.2, 0.25) is 5.91 Å². The molecule has 1 heterocycles. The molecule has 0 radical (unpaired) electrons. The molecule has 0 fully saturated rings. The number of anilines is 1. The molecule has 2 rings (SSSR count). The minimum Gasteiger partial charge on any atom is -0.310 e. The Labute approximate surface area is 162 Å². The number of carbonyl (C=O) groups is 1. The second-order valence-corrected chi connectivity index (χ2v) is 6.29. The monoisotopic (exact) mass is 379 g/mol. The number of nitrogens with zero attached hydrogens (tertiary/aromatic N) is 5. The Morgan fingerprint density at radius 2 is 1.93 bits per heavy atom. The molecule has 1 aromatic heterocycles. The molecular formula is C20H21N5O3. The molecule has 0 saturated heterocycles. The van der Waals surface area contributed by atoms with Crippen molar-refractivity contribution in [2.24, 2.45) is 0 Å². The van der Waals surface area contributed by atoms with Gasteiger partial charge in [0.15, 0.2) is 0 Å². The lowest BCUT2D eigenvalue weighted by Crippen LogP contribution is -2.45. The average Bonchev–Trinajstić information content (AvgIpc) is 2.68. The Morgan fingerprint density at radius 3 is 2.54 bits per heavy atom. The molecule has 1 amide bonds. The molecule has 0 spiro atoms. The van der Waals surface area contributed by atoms with E-state index < -0.39 is 23.7 Å². The lowest BCUT2D eigenvalue weighted by molar-refractivity contribution is -0.119. The molecule has 8 heteroatoms. The summed E-state index contributed by atoms with van der Waals surface area (Å²) in [7, 11) is 0. The molecule has 0 unspecified atom stereocenters.